The van der Waals surface area contributed by atoms with Crippen molar-refractivity contribution in [2.24, 2.45) is 5.92 Å². The molecule has 0 aliphatic rings. The van der Waals surface area contributed by atoms with E-state index >= 15 is 0 Å². The van der Waals surface area contributed by atoms with Crippen LogP contribution in [0, 0.1) is 5.92 Å². The van der Waals surface area contributed by atoms with Gasteiger partial charge in [-0.05, 0) is 12.3 Å². The Labute approximate surface area is 58.9 Å². The second-order valence-electron chi connectivity index (χ2n) is 2.31. The summed E-state index contributed by atoms with van der Waals surface area (Å²) >= 11 is -1.84. The highest BCUT2D eigenvalue weighted by molar-refractivity contribution is 7.79. The highest BCUT2D eigenvalue weighted by Crippen LogP contribution is 2.05. The molecule has 2 atom stereocenters. The quantitative estimate of drug-likeness (QED) is 0.565. The molecule has 0 saturated carbocycles. The highest BCUT2D eigenvalue weighted by Gasteiger charge is 1.96. The van der Waals surface area contributed by atoms with Crippen LogP contribution in [0.25, 0.3) is 0 Å². The first-order valence-electron chi connectivity index (χ1n) is 3.22. The Hall–Kier alpha value is 0.110. The van der Waals surface area contributed by atoms with E-state index in [4.69, 9.17) is 0 Å². The Balaban J connectivity index is 3.16. The molecule has 0 heterocycles. The Morgan fingerprint density at radius 1 is 1.67 bits per heavy atom. The van der Waals surface area contributed by atoms with Gasteiger partial charge in [-0.3, -0.25) is 4.21 Å². The van der Waals surface area contributed by atoms with Crippen molar-refractivity contribution in [3.05, 3.63) is 0 Å². The zero-order valence-electron chi connectivity index (χ0n) is 5.92. The van der Waals surface area contributed by atoms with Gasteiger partial charge in [-0.25, -0.2) is 0 Å². The third-order valence-corrected chi connectivity index (χ3v) is 2.04. The van der Waals surface area contributed by atoms with Crippen LogP contribution < -0.4 is 0 Å². The predicted molar refractivity (Wildman–Crippen MR) is 37.9 cm³/mol. The van der Waals surface area contributed by atoms with Crippen LogP contribution in [0.4, 0.5) is 0 Å². The Bertz CT molecular complexity index is 93.1. The standard InChI is InChI=1S/C6H14O2S/c1-3-6(2)4-5-9(7)8/h6H,3-5H2,1-2H3,(H,7,8)/p-1. The molecule has 9 heavy (non-hydrogen) atoms. The SMILES string of the molecule is CCC(C)CCS(=O)[O-]. The van der Waals surface area contributed by atoms with E-state index in [1.807, 2.05) is 0 Å². The van der Waals surface area contributed by atoms with Crippen LogP contribution in [-0.4, -0.2) is 14.5 Å². The van der Waals surface area contributed by atoms with E-state index in [9.17, 15) is 8.76 Å². The van der Waals surface area contributed by atoms with Crippen LogP contribution in [-0.2, 0) is 11.1 Å². The van der Waals surface area contributed by atoms with Gasteiger partial charge in [0.1, 0.15) is 0 Å². The fraction of sp³-hybridized carbons (Fsp3) is 1.00. The molecular weight excluding hydrogens is 136 g/mol. The van der Waals surface area contributed by atoms with E-state index in [2.05, 4.69) is 13.8 Å². The average molecular weight is 149 g/mol. The topological polar surface area (TPSA) is 40.1 Å². The number of hydrogen-bond acceptors (Lipinski definition) is 2. The minimum Gasteiger partial charge on any atom is -0.772 e. The van der Waals surface area contributed by atoms with Crippen LogP contribution in [0.2, 0.25) is 0 Å². The lowest BCUT2D eigenvalue weighted by Gasteiger charge is -2.08. The molecule has 0 fully saturated rings. The zero-order chi connectivity index (χ0) is 7.28. The van der Waals surface area contributed by atoms with Crippen LogP contribution in [0.15, 0.2) is 0 Å². The molecule has 3 heteroatoms. The van der Waals surface area contributed by atoms with Gasteiger partial charge in [-0.15, -0.1) is 0 Å². The van der Waals surface area contributed by atoms with Gasteiger partial charge >= 0.3 is 0 Å². The second kappa shape index (κ2) is 4.94. The normalized spacial score (nSPS) is 17.2. The average Bonchev–Trinajstić information content (AvgIpc) is 1.83. The van der Waals surface area contributed by atoms with E-state index in [1.54, 1.807) is 0 Å². The molecule has 0 aliphatic carbocycles. The molecule has 56 valence electrons. The first-order chi connectivity index (χ1) is 4.16. The molecule has 0 aromatic carbocycles. The molecule has 0 spiro atoms. The molecule has 2 nitrogen and oxygen atoms in total. The van der Waals surface area contributed by atoms with E-state index in [1.165, 1.54) is 0 Å². The summed E-state index contributed by atoms with van der Waals surface area (Å²) in [5.74, 6) is 0.859. The molecule has 2 unspecified atom stereocenters. The van der Waals surface area contributed by atoms with Crippen LogP contribution >= 0.6 is 0 Å². The van der Waals surface area contributed by atoms with Gasteiger partial charge < -0.3 is 4.55 Å². The van der Waals surface area contributed by atoms with Crippen LogP contribution in [0.1, 0.15) is 26.7 Å². The maximum Gasteiger partial charge on any atom is 0.0104 e. The summed E-state index contributed by atoms with van der Waals surface area (Å²) in [5.41, 5.74) is 0. The lowest BCUT2D eigenvalue weighted by atomic mass is 10.1. The van der Waals surface area contributed by atoms with E-state index < -0.39 is 11.1 Å². The lowest BCUT2D eigenvalue weighted by Crippen LogP contribution is -2.01. The highest BCUT2D eigenvalue weighted by atomic mass is 32.2. The van der Waals surface area contributed by atoms with Crippen molar-refractivity contribution < 1.29 is 8.76 Å². The Kier molecular flexibility index (Phi) is 5.00. The largest absolute Gasteiger partial charge is 0.772 e. The Morgan fingerprint density at radius 3 is 2.56 bits per heavy atom. The lowest BCUT2D eigenvalue weighted by molar-refractivity contribution is 0.508. The fourth-order valence-corrected chi connectivity index (χ4v) is 1.10. The van der Waals surface area contributed by atoms with Gasteiger partial charge in [0.25, 0.3) is 0 Å². The molecule has 0 saturated heterocycles. The van der Waals surface area contributed by atoms with E-state index in [0.29, 0.717) is 11.7 Å². The van der Waals surface area contributed by atoms with Crippen LogP contribution in [0.3, 0.4) is 0 Å². The van der Waals surface area contributed by atoms with E-state index in [-0.39, 0.29) is 0 Å². The Morgan fingerprint density at radius 2 is 2.22 bits per heavy atom. The zero-order valence-corrected chi connectivity index (χ0v) is 6.74. The molecule has 0 aromatic heterocycles. The van der Waals surface area contributed by atoms with Crippen molar-refractivity contribution in [1.29, 1.82) is 0 Å². The number of hydrogen-bond donors (Lipinski definition) is 0. The molecular formula is C6H13O2S-. The molecule has 0 rings (SSSR count). The molecule has 0 aliphatic heterocycles. The van der Waals surface area contributed by atoms with Gasteiger partial charge in [0.05, 0.1) is 0 Å². The smallest absolute Gasteiger partial charge is 0.0104 e. The van der Waals surface area contributed by atoms with Crippen molar-refractivity contribution in [3.63, 3.8) is 0 Å². The van der Waals surface area contributed by atoms with Crippen molar-refractivity contribution in [3.8, 4) is 0 Å². The maximum atomic E-state index is 10.0. The van der Waals surface area contributed by atoms with Gasteiger partial charge in [0, 0.05) is 5.75 Å². The van der Waals surface area contributed by atoms with Crippen molar-refractivity contribution >= 4 is 11.1 Å². The van der Waals surface area contributed by atoms with Gasteiger partial charge in [-0.2, -0.15) is 0 Å². The predicted octanol–water partition coefficient (Wildman–Crippen LogP) is 1.30. The third kappa shape index (κ3) is 5.99. The fourth-order valence-electron chi connectivity index (χ4n) is 0.502. The first kappa shape index (κ1) is 9.11. The van der Waals surface area contributed by atoms with Crippen molar-refractivity contribution in [1.82, 2.24) is 0 Å². The molecule has 0 amide bonds. The summed E-state index contributed by atoms with van der Waals surface area (Å²) in [7, 11) is 0. The summed E-state index contributed by atoms with van der Waals surface area (Å²) in [6.07, 6.45) is 1.86. The van der Waals surface area contributed by atoms with Crippen LogP contribution in [0.5, 0.6) is 0 Å². The van der Waals surface area contributed by atoms with Crippen molar-refractivity contribution in [2.75, 3.05) is 5.75 Å². The summed E-state index contributed by atoms with van der Waals surface area (Å²) in [6.45, 7) is 4.13. The summed E-state index contributed by atoms with van der Waals surface area (Å²) in [4.78, 5) is 0. The van der Waals surface area contributed by atoms with Gasteiger partial charge in [0.15, 0.2) is 0 Å². The summed E-state index contributed by atoms with van der Waals surface area (Å²) in [5, 5.41) is 0. The van der Waals surface area contributed by atoms with Gasteiger partial charge in [0.2, 0.25) is 0 Å². The number of rotatable bonds is 4. The monoisotopic (exact) mass is 149 g/mol. The minimum absolute atomic E-state index is 0.314. The van der Waals surface area contributed by atoms with Crippen molar-refractivity contribution in [2.45, 2.75) is 26.7 Å². The summed E-state index contributed by atoms with van der Waals surface area (Å²) in [6, 6.07) is 0. The maximum absolute atomic E-state index is 10.0. The molecule has 0 aromatic rings. The third-order valence-electron chi connectivity index (χ3n) is 1.47. The summed E-state index contributed by atoms with van der Waals surface area (Å²) < 4.78 is 20.0. The molecule has 0 bridgehead atoms. The molecule has 0 radical (unpaired) electrons. The minimum atomic E-state index is -1.84. The van der Waals surface area contributed by atoms with Gasteiger partial charge in [-0.1, -0.05) is 31.3 Å². The van der Waals surface area contributed by atoms with E-state index in [0.717, 1.165) is 12.8 Å². The molecule has 0 N–H and O–H groups in total. The first-order valence-corrected chi connectivity index (χ1v) is 4.47. The second-order valence-corrected chi connectivity index (χ2v) is 3.33.